The van der Waals surface area contributed by atoms with Gasteiger partial charge in [0.25, 0.3) is 0 Å². The molecule has 0 spiro atoms. The highest BCUT2D eigenvalue weighted by Gasteiger charge is 2.15. The van der Waals surface area contributed by atoms with E-state index in [-0.39, 0.29) is 0 Å². The lowest BCUT2D eigenvalue weighted by molar-refractivity contribution is 0.576. The minimum atomic E-state index is -0.619. The Hall–Kier alpha value is -0.680. The van der Waals surface area contributed by atoms with E-state index in [2.05, 4.69) is 0 Å². The normalized spacial score (nSPS) is 12.7. The summed E-state index contributed by atoms with van der Waals surface area (Å²) in [5, 5.41) is 0. The lowest BCUT2D eigenvalue weighted by Crippen LogP contribution is -2.13. The Morgan fingerprint density at radius 3 is 2.22 bits per heavy atom. The molecule has 0 bridgehead atoms. The van der Waals surface area contributed by atoms with Gasteiger partial charge in [0.2, 0.25) is 0 Å². The third-order valence-electron chi connectivity index (χ3n) is 2.46. The quantitative estimate of drug-likeness (QED) is 0.882. The summed E-state index contributed by atoms with van der Waals surface area (Å²) in [5.74, 6) is -1.24. The fourth-order valence-electron chi connectivity index (χ4n) is 1.70. The molecule has 1 nitrogen and oxygen atoms in total. The average molecular weight is 308 g/mol. The first-order chi connectivity index (χ1) is 8.45. The van der Waals surface area contributed by atoms with Crippen LogP contribution in [0.1, 0.15) is 17.2 Å². The van der Waals surface area contributed by atoms with Gasteiger partial charge in [-0.2, -0.15) is 0 Å². The average Bonchev–Trinajstić information content (AvgIpc) is 2.56. The summed E-state index contributed by atoms with van der Waals surface area (Å²) in [6.07, 6.45) is 0.293. The van der Waals surface area contributed by atoms with Crippen LogP contribution in [0.25, 0.3) is 0 Å². The standard InChI is InChI=1S/C12H9Cl2F2NS/c13-11-5-9(12(14)18-11)10(17)3-6-1-7(15)4-8(16)2-6/h1-2,4-5,10H,3,17H2. The van der Waals surface area contributed by atoms with Gasteiger partial charge in [-0.1, -0.05) is 23.2 Å². The Morgan fingerprint density at radius 1 is 1.11 bits per heavy atom. The topological polar surface area (TPSA) is 26.0 Å². The smallest absolute Gasteiger partial charge is 0.126 e. The molecule has 0 saturated heterocycles. The van der Waals surface area contributed by atoms with Crippen LogP contribution in [0, 0.1) is 11.6 Å². The molecular formula is C12H9Cl2F2NS. The highest BCUT2D eigenvalue weighted by molar-refractivity contribution is 7.20. The van der Waals surface area contributed by atoms with Gasteiger partial charge in [0.05, 0.1) is 8.67 Å². The van der Waals surface area contributed by atoms with Gasteiger partial charge in [-0.25, -0.2) is 8.78 Å². The van der Waals surface area contributed by atoms with Crippen molar-refractivity contribution in [2.24, 2.45) is 5.73 Å². The number of benzene rings is 1. The molecule has 6 heteroatoms. The van der Waals surface area contributed by atoms with E-state index in [1.807, 2.05) is 0 Å². The molecular weight excluding hydrogens is 299 g/mol. The second-order valence-corrected chi connectivity index (χ2v) is 6.15. The van der Waals surface area contributed by atoms with Crippen molar-refractivity contribution in [2.75, 3.05) is 0 Å². The van der Waals surface area contributed by atoms with Crippen LogP contribution in [0.2, 0.25) is 8.67 Å². The Balaban J connectivity index is 2.20. The molecule has 2 N–H and O–H groups in total. The molecule has 1 atom stereocenters. The highest BCUT2D eigenvalue weighted by atomic mass is 35.5. The SMILES string of the molecule is NC(Cc1cc(F)cc(F)c1)c1cc(Cl)sc1Cl. The number of hydrogen-bond acceptors (Lipinski definition) is 2. The van der Waals surface area contributed by atoms with E-state index >= 15 is 0 Å². The van der Waals surface area contributed by atoms with Gasteiger partial charge in [-0.15, -0.1) is 11.3 Å². The Labute approximate surface area is 117 Å². The third kappa shape index (κ3) is 3.20. The number of halogens is 4. The zero-order valence-corrected chi connectivity index (χ0v) is 11.4. The predicted octanol–water partition coefficient (Wildman–Crippen LogP) is 4.58. The van der Waals surface area contributed by atoms with Crippen molar-refractivity contribution < 1.29 is 8.78 Å². The maximum atomic E-state index is 13.0. The van der Waals surface area contributed by atoms with Gasteiger partial charge >= 0.3 is 0 Å². The maximum Gasteiger partial charge on any atom is 0.126 e. The molecule has 1 heterocycles. The molecule has 18 heavy (non-hydrogen) atoms. The molecule has 0 aliphatic heterocycles. The van der Waals surface area contributed by atoms with Crippen molar-refractivity contribution in [1.82, 2.24) is 0 Å². The summed E-state index contributed by atoms with van der Waals surface area (Å²) >= 11 is 13.0. The molecule has 0 fully saturated rings. The second kappa shape index (κ2) is 5.53. The molecule has 1 aromatic carbocycles. The zero-order chi connectivity index (χ0) is 13.3. The molecule has 0 aliphatic rings. The molecule has 0 saturated carbocycles. The van der Waals surface area contributed by atoms with E-state index in [0.717, 1.165) is 6.07 Å². The summed E-state index contributed by atoms with van der Waals surface area (Å²) in [6, 6.07) is 4.57. The van der Waals surface area contributed by atoms with E-state index in [1.165, 1.54) is 23.5 Å². The van der Waals surface area contributed by atoms with Crippen LogP contribution in [-0.2, 0) is 6.42 Å². The number of nitrogens with two attached hydrogens (primary N) is 1. The first-order valence-corrected chi connectivity index (χ1v) is 6.68. The fraction of sp³-hybridized carbons (Fsp3) is 0.167. The fourth-order valence-corrected chi connectivity index (χ4v) is 3.30. The summed E-state index contributed by atoms with van der Waals surface area (Å²) < 4.78 is 27.1. The van der Waals surface area contributed by atoms with E-state index in [9.17, 15) is 8.78 Å². The van der Waals surface area contributed by atoms with Crippen molar-refractivity contribution in [3.05, 3.63) is 55.7 Å². The minimum absolute atomic E-state index is 0.293. The Kier molecular flexibility index (Phi) is 4.22. The number of thiophene rings is 1. The van der Waals surface area contributed by atoms with Crippen molar-refractivity contribution >= 4 is 34.5 Å². The van der Waals surface area contributed by atoms with Gasteiger partial charge in [0.15, 0.2) is 0 Å². The summed E-state index contributed by atoms with van der Waals surface area (Å²) in [4.78, 5) is 0. The van der Waals surface area contributed by atoms with Crippen LogP contribution in [0.5, 0.6) is 0 Å². The summed E-state index contributed by atoms with van der Waals surface area (Å²) in [6.45, 7) is 0. The van der Waals surface area contributed by atoms with E-state index in [4.69, 9.17) is 28.9 Å². The van der Waals surface area contributed by atoms with Crippen LogP contribution in [0.4, 0.5) is 8.78 Å². The van der Waals surface area contributed by atoms with Crippen LogP contribution < -0.4 is 5.73 Å². The number of hydrogen-bond donors (Lipinski definition) is 1. The third-order valence-corrected chi connectivity index (χ3v) is 3.98. The summed E-state index contributed by atoms with van der Waals surface area (Å²) in [5.41, 5.74) is 7.14. The van der Waals surface area contributed by atoms with Crippen molar-refractivity contribution in [3.63, 3.8) is 0 Å². The van der Waals surface area contributed by atoms with Gasteiger partial charge < -0.3 is 5.73 Å². The predicted molar refractivity (Wildman–Crippen MR) is 71.3 cm³/mol. The van der Waals surface area contributed by atoms with Crippen molar-refractivity contribution in [1.29, 1.82) is 0 Å². The van der Waals surface area contributed by atoms with E-state index < -0.39 is 17.7 Å². The van der Waals surface area contributed by atoms with Crippen LogP contribution >= 0.6 is 34.5 Å². The molecule has 1 unspecified atom stereocenters. The zero-order valence-electron chi connectivity index (χ0n) is 9.09. The van der Waals surface area contributed by atoms with Crippen LogP contribution in [0.3, 0.4) is 0 Å². The second-order valence-electron chi connectivity index (χ2n) is 3.87. The Bertz CT molecular complexity index is 551. The summed E-state index contributed by atoms with van der Waals surface area (Å²) in [7, 11) is 0. The highest BCUT2D eigenvalue weighted by Crippen LogP contribution is 2.35. The molecule has 0 aliphatic carbocycles. The minimum Gasteiger partial charge on any atom is -0.324 e. The largest absolute Gasteiger partial charge is 0.324 e. The number of rotatable bonds is 3. The van der Waals surface area contributed by atoms with Gasteiger partial charge in [0.1, 0.15) is 11.6 Å². The molecule has 2 rings (SSSR count). The lowest BCUT2D eigenvalue weighted by atomic mass is 10.0. The van der Waals surface area contributed by atoms with Gasteiger partial charge in [-0.05, 0) is 30.2 Å². The van der Waals surface area contributed by atoms with Gasteiger partial charge in [0, 0.05) is 17.7 Å². The van der Waals surface area contributed by atoms with Gasteiger partial charge in [-0.3, -0.25) is 0 Å². The van der Waals surface area contributed by atoms with Crippen molar-refractivity contribution in [3.8, 4) is 0 Å². The van der Waals surface area contributed by atoms with E-state index in [1.54, 1.807) is 6.07 Å². The lowest BCUT2D eigenvalue weighted by Gasteiger charge is -2.11. The van der Waals surface area contributed by atoms with Crippen LogP contribution in [0.15, 0.2) is 24.3 Å². The van der Waals surface area contributed by atoms with Crippen LogP contribution in [-0.4, -0.2) is 0 Å². The molecule has 0 amide bonds. The monoisotopic (exact) mass is 307 g/mol. The Morgan fingerprint density at radius 2 is 1.72 bits per heavy atom. The van der Waals surface area contributed by atoms with E-state index in [0.29, 0.717) is 26.2 Å². The maximum absolute atomic E-state index is 13.0. The first kappa shape index (κ1) is 13.7. The molecule has 1 aromatic heterocycles. The molecule has 96 valence electrons. The molecule has 0 radical (unpaired) electrons. The first-order valence-electron chi connectivity index (χ1n) is 5.11. The molecule has 2 aromatic rings. The van der Waals surface area contributed by atoms with Crippen molar-refractivity contribution in [2.45, 2.75) is 12.5 Å².